The number of ether oxygens (including phenoxy) is 1. The standard InChI is InChI=1S/C15H33O4P/c1-6-9-11-18-20(16,19-12-10-7-2)14-17-13-15(4,5)8-3/h6-14H2,1-5H3. The average molecular weight is 308 g/mol. The lowest BCUT2D eigenvalue weighted by Crippen LogP contribution is -2.19. The highest BCUT2D eigenvalue weighted by Gasteiger charge is 2.26. The van der Waals surface area contributed by atoms with Crippen LogP contribution in [0.2, 0.25) is 0 Å². The monoisotopic (exact) mass is 308 g/mol. The minimum Gasteiger partial charge on any atom is -0.368 e. The Bertz CT molecular complexity index is 265. The molecular formula is C15H33O4P. The van der Waals surface area contributed by atoms with Gasteiger partial charge in [-0.1, -0.05) is 47.5 Å². The SMILES string of the molecule is CCCCOP(=O)(COCC(C)(C)CC)OCCCC. The van der Waals surface area contributed by atoms with Crippen molar-refractivity contribution < 1.29 is 18.3 Å². The Balaban J connectivity index is 4.25. The molecule has 0 saturated carbocycles. The molecule has 0 aliphatic rings. The van der Waals surface area contributed by atoms with E-state index in [2.05, 4.69) is 34.6 Å². The number of rotatable bonds is 13. The third kappa shape index (κ3) is 9.93. The summed E-state index contributed by atoms with van der Waals surface area (Å²) in [6.45, 7) is 12.1. The minimum absolute atomic E-state index is 0.0594. The third-order valence-corrected chi connectivity index (χ3v) is 4.92. The number of hydrogen-bond donors (Lipinski definition) is 0. The van der Waals surface area contributed by atoms with E-state index in [1.54, 1.807) is 0 Å². The topological polar surface area (TPSA) is 44.8 Å². The van der Waals surface area contributed by atoms with Gasteiger partial charge in [0, 0.05) is 0 Å². The van der Waals surface area contributed by atoms with Gasteiger partial charge < -0.3 is 13.8 Å². The lowest BCUT2D eigenvalue weighted by Gasteiger charge is -2.24. The highest BCUT2D eigenvalue weighted by atomic mass is 31.2. The van der Waals surface area contributed by atoms with Gasteiger partial charge in [-0.05, 0) is 24.7 Å². The zero-order chi connectivity index (χ0) is 15.5. The Kier molecular flexibility index (Phi) is 10.8. The highest BCUT2D eigenvalue weighted by molar-refractivity contribution is 7.53. The van der Waals surface area contributed by atoms with E-state index < -0.39 is 7.60 Å². The predicted octanol–water partition coefficient (Wildman–Crippen LogP) is 5.22. The highest BCUT2D eigenvalue weighted by Crippen LogP contribution is 2.48. The fourth-order valence-corrected chi connectivity index (χ4v) is 2.70. The molecule has 0 amide bonds. The van der Waals surface area contributed by atoms with Crippen molar-refractivity contribution in [1.82, 2.24) is 0 Å². The Morgan fingerprint density at radius 2 is 1.45 bits per heavy atom. The van der Waals surface area contributed by atoms with Gasteiger partial charge in [-0.15, -0.1) is 0 Å². The van der Waals surface area contributed by atoms with Crippen molar-refractivity contribution in [3.05, 3.63) is 0 Å². The lowest BCUT2D eigenvalue weighted by atomic mass is 9.92. The van der Waals surface area contributed by atoms with Crippen LogP contribution in [-0.4, -0.2) is 26.2 Å². The van der Waals surface area contributed by atoms with E-state index in [0.29, 0.717) is 19.8 Å². The largest absolute Gasteiger partial charge is 0.368 e. The van der Waals surface area contributed by atoms with E-state index in [1.807, 2.05) is 0 Å². The Morgan fingerprint density at radius 3 is 1.85 bits per heavy atom. The van der Waals surface area contributed by atoms with E-state index in [9.17, 15) is 4.57 Å². The maximum absolute atomic E-state index is 12.6. The smallest absolute Gasteiger partial charge is 0.356 e. The summed E-state index contributed by atoms with van der Waals surface area (Å²) in [6, 6.07) is 0. The summed E-state index contributed by atoms with van der Waals surface area (Å²) in [7, 11) is -3.10. The molecule has 0 aliphatic carbocycles. The molecule has 0 aromatic heterocycles. The Morgan fingerprint density at radius 1 is 0.950 bits per heavy atom. The molecule has 0 spiro atoms. The summed E-state index contributed by atoms with van der Waals surface area (Å²) in [5, 5.41) is 0. The summed E-state index contributed by atoms with van der Waals surface area (Å²) < 4.78 is 29.1. The first-order valence-electron chi connectivity index (χ1n) is 7.85. The van der Waals surface area contributed by atoms with Gasteiger partial charge in [0.2, 0.25) is 0 Å². The van der Waals surface area contributed by atoms with Crippen molar-refractivity contribution >= 4 is 7.60 Å². The van der Waals surface area contributed by atoms with Crippen molar-refractivity contribution in [2.75, 3.05) is 26.2 Å². The summed E-state index contributed by atoms with van der Waals surface area (Å²) in [6.07, 6.45) is 4.88. The normalized spacial score (nSPS) is 12.8. The molecule has 0 aromatic carbocycles. The van der Waals surface area contributed by atoms with Crippen molar-refractivity contribution in [2.45, 2.75) is 66.7 Å². The zero-order valence-corrected chi connectivity index (χ0v) is 14.8. The van der Waals surface area contributed by atoms with Crippen LogP contribution in [0.15, 0.2) is 0 Å². The van der Waals surface area contributed by atoms with Crippen molar-refractivity contribution in [1.29, 1.82) is 0 Å². The van der Waals surface area contributed by atoms with Crippen LogP contribution in [0.4, 0.5) is 0 Å². The van der Waals surface area contributed by atoms with Crippen molar-refractivity contribution in [3.8, 4) is 0 Å². The minimum atomic E-state index is -3.10. The lowest BCUT2D eigenvalue weighted by molar-refractivity contribution is 0.0691. The van der Waals surface area contributed by atoms with E-state index in [4.69, 9.17) is 13.8 Å². The van der Waals surface area contributed by atoms with Gasteiger partial charge in [-0.25, -0.2) is 0 Å². The number of unbranched alkanes of at least 4 members (excludes halogenated alkanes) is 2. The van der Waals surface area contributed by atoms with Gasteiger partial charge in [-0.2, -0.15) is 0 Å². The maximum Gasteiger partial charge on any atom is 0.356 e. The van der Waals surface area contributed by atoms with Crippen molar-refractivity contribution in [2.24, 2.45) is 5.41 Å². The third-order valence-electron chi connectivity index (χ3n) is 3.27. The van der Waals surface area contributed by atoms with Gasteiger partial charge >= 0.3 is 7.60 Å². The first-order chi connectivity index (χ1) is 9.39. The van der Waals surface area contributed by atoms with Gasteiger partial charge in [-0.3, -0.25) is 4.57 Å². The molecule has 0 bridgehead atoms. The van der Waals surface area contributed by atoms with Crippen LogP contribution in [0.5, 0.6) is 0 Å². The van der Waals surface area contributed by atoms with Gasteiger partial charge in [0.25, 0.3) is 0 Å². The molecule has 122 valence electrons. The molecule has 5 heteroatoms. The second kappa shape index (κ2) is 10.8. The molecular weight excluding hydrogens is 275 g/mol. The molecule has 0 N–H and O–H groups in total. The second-order valence-electron chi connectivity index (χ2n) is 5.98. The van der Waals surface area contributed by atoms with E-state index in [0.717, 1.165) is 32.1 Å². The van der Waals surface area contributed by atoms with Crippen LogP contribution in [0.3, 0.4) is 0 Å². The van der Waals surface area contributed by atoms with E-state index in [1.165, 1.54) is 0 Å². The second-order valence-corrected chi connectivity index (χ2v) is 7.98. The maximum atomic E-state index is 12.6. The molecule has 0 unspecified atom stereocenters. The molecule has 0 fully saturated rings. The summed E-state index contributed by atoms with van der Waals surface area (Å²) in [5.41, 5.74) is 0.0949. The Labute approximate surface area is 125 Å². The number of hydrogen-bond acceptors (Lipinski definition) is 4. The summed E-state index contributed by atoms with van der Waals surface area (Å²) in [5.74, 6) is 0. The fourth-order valence-electron chi connectivity index (χ4n) is 1.34. The Hall–Kier alpha value is 0.110. The molecule has 0 atom stereocenters. The molecule has 0 saturated heterocycles. The zero-order valence-electron chi connectivity index (χ0n) is 13.9. The van der Waals surface area contributed by atoms with Crippen LogP contribution in [0, 0.1) is 5.41 Å². The van der Waals surface area contributed by atoms with Gasteiger partial charge in [0.05, 0.1) is 19.8 Å². The van der Waals surface area contributed by atoms with Gasteiger partial charge in [0.15, 0.2) is 0 Å². The summed E-state index contributed by atoms with van der Waals surface area (Å²) in [4.78, 5) is 0. The average Bonchev–Trinajstić information content (AvgIpc) is 2.39. The molecule has 4 nitrogen and oxygen atoms in total. The van der Waals surface area contributed by atoms with E-state index >= 15 is 0 Å². The van der Waals surface area contributed by atoms with Crippen LogP contribution in [0.1, 0.15) is 66.7 Å². The molecule has 20 heavy (non-hydrogen) atoms. The first kappa shape index (κ1) is 20.1. The van der Waals surface area contributed by atoms with Crippen LogP contribution < -0.4 is 0 Å². The van der Waals surface area contributed by atoms with E-state index in [-0.39, 0.29) is 11.8 Å². The molecule has 0 radical (unpaired) electrons. The quantitative estimate of drug-likeness (QED) is 0.345. The van der Waals surface area contributed by atoms with Gasteiger partial charge in [0.1, 0.15) is 6.35 Å². The molecule has 0 heterocycles. The summed E-state index contributed by atoms with van der Waals surface area (Å²) >= 11 is 0. The molecule has 0 aromatic rings. The fraction of sp³-hybridized carbons (Fsp3) is 1.00. The van der Waals surface area contributed by atoms with Crippen LogP contribution in [-0.2, 0) is 18.3 Å². The molecule has 0 rings (SSSR count). The predicted molar refractivity (Wildman–Crippen MR) is 84.2 cm³/mol. The molecule has 0 aliphatic heterocycles. The van der Waals surface area contributed by atoms with Crippen LogP contribution in [0.25, 0.3) is 0 Å². The first-order valence-corrected chi connectivity index (χ1v) is 9.57. The van der Waals surface area contributed by atoms with Crippen LogP contribution >= 0.6 is 7.60 Å². The van der Waals surface area contributed by atoms with Crippen molar-refractivity contribution in [3.63, 3.8) is 0 Å².